The van der Waals surface area contributed by atoms with Crippen molar-refractivity contribution >= 4 is 12.0 Å². The lowest BCUT2D eigenvalue weighted by Gasteiger charge is -2.24. The molecule has 0 aliphatic carbocycles. The van der Waals surface area contributed by atoms with Gasteiger partial charge in [0, 0.05) is 0 Å². The molecule has 0 bridgehead atoms. The predicted molar refractivity (Wildman–Crippen MR) is 110 cm³/mol. The van der Waals surface area contributed by atoms with E-state index in [1.54, 1.807) is 31.4 Å². The lowest BCUT2D eigenvalue weighted by Crippen LogP contribution is -2.17. The maximum Gasteiger partial charge on any atom is 0.338 e. The Morgan fingerprint density at radius 3 is 2.37 bits per heavy atom. The third kappa shape index (κ3) is 7.16. The summed E-state index contributed by atoms with van der Waals surface area (Å²) in [6.45, 7) is 6.85. The van der Waals surface area contributed by atoms with E-state index >= 15 is 0 Å². The van der Waals surface area contributed by atoms with Crippen LogP contribution in [0.5, 0.6) is 5.75 Å². The maximum atomic E-state index is 12.1. The summed E-state index contributed by atoms with van der Waals surface area (Å²) >= 11 is 0. The number of allylic oxidation sites excluding steroid dienone is 1. The number of carbonyl (C=O) groups is 1. The van der Waals surface area contributed by atoms with E-state index in [0.717, 1.165) is 24.2 Å². The first-order chi connectivity index (χ1) is 12.9. The standard InChI is InChI=1S/C24H28O3/c1-19(10-11-20-8-6-5-7-9-20)18-24(2,3)16-17-27-23(25)21-12-14-22(26-4)15-13-21/h5-9,11-15H,16-18H2,1-4H3. The fourth-order valence-corrected chi connectivity index (χ4v) is 2.84. The highest BCUT2D eigenvalue weighted by Gasteiger charge is 2.19. The van der Waals surface area contributed by atoms with Crippen molar-refractivity contribution < 1.29 is 14.3 Å². The molecule has 0 aliphatic rings. The molecule has 0 saturated carbocycles. The molecule has 2 aromatic carbocycles. The van der Waals surface area contributed by atoms with Crippen LogP contribution in [0.4, 0.5) is 0 Å². The summed E-state index contributed by atoms with van der Waals surface area (Å²) in [6, 6.07) is 17.1. The predicted octanol–water partition coefficient (Wildman–Crippen LogP) is 5.92. The van der Waals surface area contributed by atoms with E-state index in [2.05, 4.69) is 38.6 Å². The van der Waals surface area contributed by atoms with E-state index < -0.39 is 0 Å². The van der Waals surface area contributed by atoms with Crippen molar-refractivity contribution in [3.05, 3.63) is 77.0 Å². The van der Waals surface area contributed by atoms with E-state index in [0.29, 0.717) is 12.2 Å². The normalized spacial score (nSPS) is 10.7. The minimum Gasteiger partial charge on any atom is -0.497 e. The molecule has 0 saturated heterocycles. The summed E-state index contributed by atoms with van der Waals surface area (Å²) in [7, 11) is 1.60. The zero-order valence-electron chi connectivity index (χ0n) is 16.6. The zero-order chi connectivity index (χ0) is 19.7. The number of rotatable bonds is 8. The van der Waals surface area contributed by atoms with Crippen molar-refractivity contribution in [2.75, 3.05) is 13.7 Å². The highest BCUT2D eigenvalue weighted by molar-refractivity contribution is 5.89. The molecule has 0 atom stereocenters. The van der Waals surface area contributed by atoms with Crippen LogP contribution in [0, 0.1) is 5.41 Å². The van der Waals surface area contributed by atoms with Crippen molar-refractivity contribution in [2.24, 2.45) is 5.41 Å². The number of methoxy groups -OCH3 is 1. The van der Waals surface area contributed by atoms with Crippen LogP contribution in [0.2, 0.25) is 0 Å². The van der Waals surface area contributed by atoms with Gasteiger partial charge in [0.15, 0.2) is 0 Å². The zero-order valence-corrected chi connectivity index (χ0v) is 16.6. The van der Waals surface area contributed by atoms with Crippen LogP contribution < -0.4 is 4.74 Å². The van der Waals surface area contributed by atoms with E-state index in [4.69, 9.17) is 9.47 Å². The monoisotopic (exact) mass is 364 g/mol. The fourth-order valence-electron chi connectivity index (χ4n) is 2.84. The van der Waals surface area contributed by atoms with E-state index in [1.165, 1.54) is 5.57 Å². The van der Waals surface area contributed by atoms with Crippen LogP contribution in [-0.2, 0) is 4.74 Å². The second-order valence-corrected chi connectivity index (χ2v) is 7.44. The van der Waals surface area contributed by atoms with Gasteiger partial charge in [-0.05, 0) is 66.7 Å². The third-order valence-electron chi connectivity index (χ3n) is 4.37. The topological polar surface area (TPSA) is 35.5 Å². The number of ether oxygens (including phenoxy) is 2. The van der Waals surface area contributed by atoms with Gasteiger partial charge in [-0.3, -0.25) is 0 Å². The first kappa shape index (κ1) is 20.5. The molecular formula is C24H28O3. The van der Waals surface area contributed by atoms with Gasteiger partial charge >= 0.3 is 5.97 Å². The average molecular weight is 364 g/mol. The second-order valence-electron chi connectivity index (χ2n) is 7.44. The third-order valence-corrected chi connectivity index (χ3v) is 4.37. The quantitative estimate of drug-likeness (QED) is 0.431. The first-order valence-electron chi connectivity index (χ1n) is 9.18. The Bertz CT molecular complexity index is 795. The Labute approximate surface area is 162 Å². The summed E-state index contributed by atoms with van der Waals surface area (Å²) in [5, 5.41) is 0. The lowest BCUT2D eigenvalue weighted by molar-refractivity contribution is 0.0458. The molecule has 27 heavy (non-hydrogen) atoms. The van der Waals surface area contributed by atoms with Gasteiger partial charge in [0.1, 0.15) is 5.75 Å². The van der Waals surface area contributed by atoms with Gasteiger partial charge in [-0.15, -0.1) is 5.73 Å². The molecule has 3 heteroatoms. The van der Waals surface area contributed by atoms with Crippen LogP contribution in [0.1, 0.15) is 49.5 Å². The molecule has 0 aromatic heterocycles. The molecule has 3 nitrogen and oxygen atoms in total. The highest BCUT2D eigenvalue weighted by atomic mass is 16.5. The molecule has 0 amide bonds. The molecule has 2 aromatic rings. The van der Waals surface area contributed by atoms with Crippen LogP contribution in [0.25, 0.3) is 6.08 Å². The number of hydrogen-bond donors (Lipinski definition) is 0. The number of benzene rings is 2. The summed E-state index contributed by atoms with van der Waals surface area (Å²) < 4.78 is 10.5. The Kier molecular flexibility index (Phi) is 7.45. The van der Waals surface area contributed by atoms with E-state index in [1.807, 2.05) is 24.3 Å². The van der Waals surface area contributed by atoms with E-state index in [-0.39, 0.29) is 11.4 Å². The Morgan fingerprint density at radius 1 is 1.07 bits per heavy atom. The van der Waals surface area contributed by atoms with Crippen molar-refractivity contribution in [3.8, 4) is 5.75 Å². The number of hydrogen-bond acceptors (Lipinski definition) is 3. The average Bonchev–Trinajstić information content (AvgIpc) is 2.66. The molecule has 0 unspecified atom stereocenters. The molecule has 0 aliphatic heterocycles. The molecule has 0 heterocycles. The van der Waals surface area contributed by atoms with Gasteiger partial charge in [-0.1, -0.05) is 44.2 Å². The van der Waals surface area contributed by atoms with Gasteiger partial charge < -0.3 is 9.47 Å². The Morgan fingerprint density at radius 2 is 1.74 bits per heavy atom. The van der Waals surface area contributed by atoms with Crippen molar-refractivity contribution in [1.82, 2.24) is 0 Å². The Balaban J connectivity index is 1.84. The molecule has 2 rings (SSSR count). The second kappa shape index (κ2) is 9.80. The van der Waals surface area contributed by atoms with Gasteiger partial charge in [0.25, 0.3) is 0 Å². The molecule has 0 radical (unpaired) electrons. The molecule has 0 fully saturated rings. The highest BCUT2D eigenvalue weighted by Crippen LogP contribution is 2.29. The van der Waals surface area contributed by atoms with Crippen LogP contribution in [0.15, 0.2) is 65.9 Å². The van der Waals surface area contributed by atoms with Gasteiger partial charge in [0.2, 0.25) is 0 Å². The largest absolute Gasteiger partial charge is 0.497 e. The summed E-state index contributed by atoms with van der Waals surface area (Å²) in [6.07, 6.45) is 3.70. The fraction of sp³-hybridized carbons (Fsp3) is 0.333. The van der Waals surface area contributed by atoms with Crippen LogP contribution in [0.3, 0.4) is 0 Å². The SMILES string of the molecule is COc1ccc(C(=O)OCCC(C)(C)CC(C)=C=Cc2ccccc2)cc1. The molecular weight excluding hydrogens is 336 g/mol. The van der Waals surface area contributed by atoms with Gasteiger partial charge in [-0.2, -0.15) is 0 Å². The molecule has 0 spiro atoms. The van der Waals surface area contributed by atoms with Gasteiger partial charge in [-0.25, -0.2) is 4.79 Å². The minimum absolute atomic E-state index is 0.0296. The van der Waals surface area contributed by atoms with Crippen LogP contribution >= 0.6 is 0 Å². The number of esters is 1. The Hall–Kier alpha value is -2.77. The number of carbonyl (C=O) groups excluding carboxylic acids is 1. The van der Waals surface area contributed by atoms with E-state index in [9.17, 15) is 4.79 Å². The first-order valence-corrected chi connectivity index (χ1v) is 9.18. The summed E-state index contributed by atoms with van der Waals surface area (Å²) in [4.78, 5) is 12.1. The lowest BCUT2D eigenvalue weighted by atomic mass is 9.83. The summed E-state index contributed by atoms with van der Waals surface area (Å²) in [5.74, 6) is 0.420. The molecule has 142 valence electrons. The van der Waals surface area contributed by atoms with Crippen molar-refractivity contribution in [1.29, 1.82) is 0 Å². The van der Waals surface area contributed by atoms with Gasteiger partial charge in [0.05, 0.1) is 19.3 Å². The smallest absolute Gasteiger partial charge is 0.338 e. The van der Waals surface area contributed by atoms with Crippen LogP contribution in [-0.4, -0.2) is 19.7 Å². The maximum absolute atomic E-state index is 12.1. The molecule has 0 N–H and O–H groups in total. The van der Waals surface area contributed by atoms with Crippen molar-refractivity contribution in [2.45, 2.75) is 33.6 Å². The minimum atomic E-state index is -0.301. The summed E-state index contributed by atoms with van der Waals surface area (Å²) in [5.41, 5.74) is 6.26. The van der Waals surface area contributed by atoms with Crippen molar-refractivity contribution in [3.63, 3.8) is 0 Å².